The molecule has 0 saturated carbocycles. The van der Waals surface area contributed by atoms with E-state index in [-0.39, 0.29) is 23.9 Å². The predicted octanol–water partition coefficient (Wildman–Crippen LogP) is 4.29. The third-order valence-electron chi connectivity index (χ3n) is 7.16. The molecule has 5 rings (SSSR count). The van der Waals surface area contributed by atoms with E-state index in [0.29, 0.717) is 16.1 Å². The fraction of sp³-hybridized carbons (Fsp3) is 0.333. The number of halogens is 1. The number of carbonyl (C=O) groups excluding carboxylic acids is 2. The summed E-state index contributed by atoms with van der Waals surface area (Å²) in [6.45, 7) is 1.74. The van der Waals surface area contributed by atoms with Crippen LogP contribution in [0.2, 0.25) is 5.02 Å². The van der Waals surface area contributed by atoms with Gasteiger partial charge in [-0.25, -0.2) is 0 Å². The Hall–Kier alpha value is -3.45. The molecule has 0 spiro atoms. The molecule has 2 aromatic carbocycles. The topological polar surface area (TPSA) is 78.4 Å². The zero-order valence-electron chi connectivity index (χ0n) is 19.7. The molecule has 1 unspecified atom stereocenters. The molecule has 2 heterocycles. The van der Waals surface area contributed by atoms with E-state index in [9.17, 15) is 9.59 Å². The van der Waals surface area contributed by atoms with E-state index in [1.54, 1.807) is 36.7 Å². The largest absolute Gasteiger partial charge is 0.370 e. The summed E-state index contributed by atoms with van der Waals surface area (Å²) >= 11 is 6.20. The molecule has 7 nitrogen and oxygen atoms in total. The van der Waals surface area contributed by atoms with Crippen molar-refractivity contribution >= 4 is 29.1 Å². The van der Waals surface area contributed by atoms with Crippen LogP contribution in [0.1, 0.15) is 57.1 Å². The average Bonchev–Trinajstić information content (AvgIpc) is 3.30. The molecule has 180 valence electrons. The Morgan fingerprint density at radius 3 is 2.60 bits per heavy atom. The van der Waals surface area contributed by atoms with E-state index >= 15 is 0 Å². The van der Waals surface area contributed by atoms with Gasteiger partial charge in [0.05, 0.1) is 34.7 Å². The lowest BCUT2D eigenvalue weighted by molar-refractivity contribution is 0.0709. The summed E-state index contributed by atoms with van der Waals surface area (Å²) in [5, 5.41) is 11.4. The number of anilines is 1. The quantitative estimate of drug-likeness (QED) is 0.578. The maximum Gasteiger partial charge on any atom is 0.253 e. The van der Waals surface area contributed by atoms with Gasteiger partial charge in [0.1, 0.15) is 0 Å². The fourth-order valence-electron chi connectivity index (χ4n) is 5.12. The van der Waals surface area contributed by atoms with Crippen molar-refractivity contribution in [1.82, 2.24) is 20.4 Å². The first-order chi connectivity index (χ1) is 17.0. The minimum atomic E-state index is -0.196. The molecule has 2 aliphatic rings. The van der Waals surface area contributed by atoms with Crippen LogP contribution in [0.15, 0.2) is 60.9 Å². The number of hydrogen-bond acceptors (Lipinski definition) is 5. The summed E-state index contributed by atoms with van der Waals surface area (Å²) in [6, 6.07) is 14.9. The van der Waals surface area contributed by atoms with Crippen molar-refractivity contribution in [2.75, 3.05) is 25.0 Å². The first kappa shape index (κ1) is 23.3. The number of aromatic nitrogens is 2. The van der Waals surface area contributed by atoms with Crippen LogP contribution >= 0.6 is 11.6 Å². The Morgan fingerprint density at radius 2 is 1.86 bits per heavy atom. The van der Waals surface area contributed by atoms with Crippen LogP contribution in [0.5, 0.6) is 0 Å². The summed E-state index contributed by atoms with van der Waals surface area (Å²) < 4.78 is 0. The number of nitrogens with one attached hydrogen (secondary N) is 1. The lowest BCUT2D eigenvalue weighted by Crippen LogP contribution is -2.45. The van der Waals surface area contributed by atoms with Gasteiger partial charge in [-0.1, -0.05) is 29.8 Å². The van der Waals surface area contributed by atoms with Gasteiger partial charge in [-0.05, 0) is 67.1 Å². The third-order valence-corrected chi connectivity index (χ3v) is 7.49. The van der Waals surface area contributed by atoms with E-state index in [0.717, 1.165) is 50.0 Å². The standard InChI is InChI=1S/C27H28ClN5O2/c1-32(20-11-14-33(15-12-20)21-10-13-29-30-17-21)27(35)19-7-6-18-8-9-25(23(18)16-19)31-26(34)22-4-2-3-5-24(22)28/h2-7,10,13,16-17,20,25H,8-9,11-12,14-15H2,1H3,(H,31,34). The number of nitrogens with zero attached hydrogens (tertiary/aromatic N) is 4. The number of amides is 2. The van der Waals surface area contributed by atoms with E-state index in [1.807, 2.05) is 36.2 Å². The van der Waals surface area contributed by atoms with E-state index in [2.05, 4.69) is 20.4 Å². The zero-order valence-corrected chi connectivity index (χ0v) is 20.4. The fourth-order valence-corrected chi connectivity index (χ4v) is 5.34. The van der Waals surface area contributed by atoms with Gasteiger partial charge in [0.25, 0.3) is 11.8 Å². The summed E-state index contributed by atoms with van der Waals surface area (Å²) in [5.74, 6) is -0.182. The van der Waals surface area contributed by atoms with Crippen molar-refractivity contribution in [2.45, 2.75) is 37.8 Å². The summed E-state index contributed by atoms with van der Waals surface area (Å²) in [7, 11) is 1.89. The third kappa shape index (κ3) is 4.86. The molecule has 2 amide bonds. The van der Waals surface area contributed by atoms with Crippen LogP contribution in [-0.4, -0.2) is 53.1 Å². The Bertz CT molecular complexity index is 1230. The number of aryl methyl sites for hydroxylation is 1. The minimum Gasteiger partial charge on any atom is -0.370 e. The monoisotopic (exact) mass is 489 g/mol. The summed E-state index contributed by atoms with van der Waals surface area (Å²) in [5.41, 5.74) is 4.38. The molecule has 1 atom stereocenters. The second-order valence-corrected chi connectivity index (χ2v) is 9.60. The maximum absolute atomic E-state index is 13.4. The minimum absolute atomic E-state index is 0.0138. The van der Waals surface area contributed by atoms with Crippen molar-refractivity contribution in [1.29, 1.82) is 0 Å². The van der Waals surface area contributed by atoms with Crippen molar-refractivity contribution < 1.29 is 9.59 Å². The number of fused-ring (bicyclic) bond motifs is 1. The van der Waals surface area contributed by atoms with Crippen molar-refractivity contribution in [3.8, 4) is 0 Å². The maximum atomic E-state index is 13.4. The van der Waals surface area contributed by atoms with Crippen LogP contribution in [0.3, 0.4) is 0 Å². The number of benzene rings is 2. The molecule has 8 heteroatoms. The van der Waals surface area contributed by atoms with Crippen molar-refractivity contribution in [3.05, 3.63) is 88.2 Å². The van der Waals surface area contributed by atoms with E-state index < -0.39 is 0 Å². The molecule has 0 radical (unpaired) electrons. The van der Waals surface area contributed by atoms with Gasteiger partial charge in [0, 0.05) is 31.7 Å². The molecule has 3 aromatic rings. The Morgan fingerprint density at radius 1 is 1.06 bits per heavy atom. The predicted molar refractivity (Wildman–Crippen MR) is 136 cm³/mol. The molecule has 35 heavy (non-hydrogen) atoms. The second kappa shape index (κ2) is 10.0. The van der Waals surface area contributed by atoms with E-state index in [4.69, 9.17) is 11.6 Å². The highest BCUT2D eigenvalue weighted by Crippen LogP contribution is 2.33. The van der Waals surface area contributed by atoms with Gasteiger partial charge in [0.15, 0.2) is 0 Å². The van der Waals surface area contributed by atoms with Crippen LogP contribution in [0.25, 0.3) is 0 Å². The van der Waals surface area contributed by atoms with Gasteiger partial charge < -0.3 is 15.1 Å². The molecule has 1 fully saturated rings. The number of carbonyl (C=O) groups is 2. The Kier molecular flexibility index (Phi) is 6.68. The zero-order chi connectivity index (χ0) is 24.4. The molecular weight excluding hydrogens is 462 g/mol. The van der Waals surface area contributed by atoms with Crippen LogP contribution in [-0.2, 0) is 6.42 Å². The first-order valence-corrected chi connectivity index (χ1v) is 12.4. The van der Waals surface area contributed by atoms with Crippen LogP contribution in [0, 0.1) is 0 Å². The average molecular weight is 490 g/mol. The molecule has 1 N–H and O–H groups in total. The van der Waals surface area contributed by atoms with Gasteiger partial charge >= 0.3 is 0 Å². The summed E-state index contributed by atoms with van der Waals surface area (Å²) in [4.78, 5) is 30.3. The highest BCUT2D eigenvalue weighted by atomic mass is 35.5. The first-order valence-electron chi connectivity index (χ1n) is 12.0. The molecular formula is C27H28ClN5O2. The van der Waals surface area contributed by atoms with Gasteiger partial charge in [-0.3, -0.25) is 9.59 Å². The van der Waals surface area contributed by atoms with Crippen LogP contribution < -0.4 is 10.2 Å². The highest BCUT2D eigenvalue weighted by Gasteiger charge is 2.29. The molecule has 1 aromatic heterocycles. The van der Waals surface area contributed by atoms with E-state index in [1.165, 1.54) is 5.56 Å². The molecule has 1 aliphatic carbocycles. The lowest BCUT2D eigenvalue weighted by Gasteiger charge is -2.37. The molecule has 1 saturated heterocycles. The number of piperidine rings is 1. The van der Waals surface area contributed by atoms with Gasteiger partial charge in [0.2, 0.25) is 0 Å². The Balaban J connectivity index is 1.25. The van der Waals surface area contributed by atoms with Gasteiger partial charge in [-0.2, -0.15) is 10.2 Å². The smallest absolute Gasteiger partial charge is 0.253 e. The lowest BCUT2D eigenvalue weighted by atomic mass is 10.00. The summed E-state index contributed by atoms with van der Waals surface area (Å²) in [6.07, 6.45) is 6.95. The SMILES string of the molecule is CN(C(=O)c1ccc2c(c1)C(NC(=O)c1ccccc1Cl)CC2)C1CCN(c2ccnnc2)CC1. The van der Waals surface area contributed by atoms with Gasteiger partial charge in [-0.15, -0.1) is 0 Å². The Labute approximate surface area is 210 Å². The molecule has 1 aliphatic heterocycles. The highest BCUT2D eigenvalue weighted by molar-refractivity contribution is 6.33. The van der Waals surface area contributed by atoms with Crippen molar-refractivity contribution in [2.24, 2.45) is 0 Å². The number of hydrogen-bond donors (Lipinski definition) is 1. The second-order valence-electron chi connectivity index (χ2n) is 9.19. The van der Waals surface area contributed by atoms with Crippen molar-refractivity contribution in [3.63, 3.8) is 0 Å². The molecule has 0 bridgehead atoms. The van der Waals surface area contributed by atoms with Crippen LogP contribution in [0.4, 0.5) is 5.69 Å². The number of rotatable bonds is 5. The normalized spacial score (nSPS) is 17.7.